The van der Waals surface area contributed by atoms with Gasteiger partial charge in [-0.1, -0.05) is 12.1 Å². The number of fused-ring (bicyclic) bond motifs is 1. The molecule has 90 valence electrons. The highest BCUT2D eigenvalue weighted by Crippen LogP contribution is 2.12. The number of esters is 1. The van der Waals surface area contributed by atoms with Crippen LogP contribution in [-0.2, 0) is 16.1 Å². The lowest BCUT2D eigenvalue weighted by molar-refractivity contribution is -0.144. The zero-order valence-electron chi connectivity index (χ0n) is 9.37. The van der Waals surface area contributed by atoms with Gasteiger partial charge in [0.2, 0.25) is 0 Å². The van der Waals surface area contributed by atoms with Gasteiger partial charge >= 0.3 is 5.97 Å². The first kappa shape index (κ1) is 11.6. The van der Waals surface area contributed by atoms with Crippen molar-refractivity contribution in [3.8, 4) is 0 Å². The molecule has 0 aliphatic rings. The Morgan fingerprint density at radius 3 is 3.06 bits per heavy atom. The lowest BCUT2D eigenvalue weighted by Crippen LogP contribution is -2.11. The van der Waals surface area contributed by atoms with Gasteiger partial charge in [0, 0.05) is 6.54 Å². The van der Waals surface area contributed by atoms with Crippen LogP contribution in [0.25, 0.3) is 11.0 Å². The van der Waals surface area contributed by atoms with E-state index < -0.39 is 0 Å². The highest BCUT2D eigenvalue weighted by Gasteiger charge is 2.05. The molecule has 0 radical (unpaired) electrons. The zero-order chi connectivity index (χ0) is 12.1. The minimum Gasteiger partial charge on any atom is -0.463 e. The molecule has 2 aromatic rings. The summed E-state index contributed by atoms with van der Waals surface area (Å²) in [5.41, 5.74) is 1.92. The molecule has 0 spiro atoms. The van der Waals surface area contributed by atoms with Crippen molar-refractivity contribution in [3.05, 3.63) is 30.6 Å². The summed E-state index contributed by atoms with van der Waals surface area (Å²) in [5, 5.41) is 8.52. The molecule has 0 aliphatic heterocycles. The molecule has 0 saturated heterocycles. The van der Waals surface area contributed by atoms with E-state index >= 15 is 0 Å². The van der Waals surface area contributed by atoms with Crippen molar-refractivity contribution in [2.45, 2.75) is 13.0 Å². The number of ether oxygens (including phenoxy) is 1. The number of imidazole rings is 1. The van der Waals surface area contributed by atoms with Crippen molar-refractivity contribution in [1.82, 2.24) is 9.55 Å². The van der Waals surface area contributed by atoms with Crippen molar-refractivity contribution in [3.63, 3.8) is 0 Å². The standard InChI is InChI=1S/C12H14N2O3/c15-7-8-17-12(16)5-6-14-9-13-10-3-1-2-4-11(10)14/h1-4,9,15H,5-8H2. The van der Waals surface area contributed by atoms with Crippen LogP contribution in [0.4, 0.5) is 0 Å². The number of hydrogen-bond donors (Lipinski definition) is 1. The summed E-state index contributed by atoms with van der Waals surface area (Å²) in [6, 6.07) is 7.75. The van der Waals surface area contributed by atoms with Crippen LogP contribution in [0.15, 0.2) is 30.6 Å². The number of nitrogens with zero attached hydrogens (tertiary/aromatic N) is 2. The number of aryl methyl sites for hydroxylation is 1. The van der Waals surface area contributed by atoms with E-state index in [1.165, 1.54) is 0 Å². The van der Waals surface area contributed by atoms with Crippen LogP contribution in [-0.4, -0.2) is 33.8 Å². The maximum absolute atomic E-state index is 11.3. The monoisotopic (exact) mass is 234 g/mol. The summed E-state index contributed by atoms with van der Waals surface area (Å²) in [6.45, 7) is 0.452. The Labute approximate surface area is 98.6 Å². The third-order valence-electron chi connectivity index (χ3n) is 2.44. The Hall–Kier alpha value is -1.88. The minimum atomic E-state index is -0.308. The molecule has 1 aromatic heterocycles. The number of benzene rings is 1. The molecule has 0 saturated carbocycles. The Morgan fingerprint density at radius 1 is 1.41 bits per heavy atom. The molecule has 1 aromatic carbocycles. The van der Waals surface area contributed by atoms with Crippen LogP contribution >= 0.6 is 0 Å². The number of carbonyl (C=O) groups is 1. The van der Waals surface area contributed by atoms with E-state index in [1.807, 2.05) is 28.8 Å². The molecule has 5 heteroatoms. The number of carbonyl (C=O) groups excluding carboxylic acids is 1. The predicted molar refractivity (Wildman–Crippen MR) is 62.4 cm³/mol. The molecule has 17 heavy (non-hydrogen) atoms. The highest BCUT2D eigenvalue weighted by molar-refractivity contribution is 5.75. The molecule has 1 heterocycles. The maximum Gasteiger partial charge on any atom is 0.307 e. The topological polar surface area (TPSA) is 64.4 Å². The summed E-state index contributed by atoms with van der Waals surface area (Å²) >= 11 is 0. The Bertz CT molecular complexity index is 507. The van der Waals surface area contributed by atoms with Gasteiger partial charge in [0.1, 0.15) is 6.61 Å². The van der Waals surface area contributed by atoms with E-state index in [0.29, 0.717) is 6.54 Å². The lowest BCUT2D eigenvalue weighted by Gasteiger charge is -2.04. The third-order valence-corrected chi connectivity index (χ3v) is 2.44. The molecular formula is C12H14N2O3. The third kappa shape index (κ3) is 2.82. The molecule has 0 unspecified atom stereocenters. The van der Waals surface area contributed by atoms with E-state index in [0.717, 1.165) is 11.0 Å². The summed E-state index contributed by atoms with van der Waals surface area (Å²) in [6.07, 6.45) is 1.99. The summed E-state index contributed by atoms with van der Waals surface area (Å²) < 4.78 is 6.69. The molecule has 0 atom stereocenters. The van der Waals surface area contributed by atoms with Gasteiger partial charge in [-0.2, -0.15) is 0 Å². The molecule has 0 amide bonds. The van der Waals surface area contributed by atoms with Gasteiger partial charge in [0.15, 0.2) is 0 Å². The number of rotatable bonds is 5. The molecule has 0 fully saturated rings. The minimum absolute atomic E-state index is 0.0590. The van der Waals surface area contributed by atoms with Gasteiger partial charge < -0.3 is 14.4 Å². The quantitative estimate of drug-likeness (QED) is 0.783. The average molecular weight is 234 g/mol. The van der Waals surface area contributed by atoms with Crippen molar-refractivity contribution < 1.29 is 14.6 Å². The smallest absolute Gasteiger partial charge is 0.307 e. The maximum atomic E-state index is 11.3. The van der Waals surface area contributed by atoms with Crippen LogP contribution in [0.5, 0.6) is 0 Å². The summed E-state index contributed by atoms with van der Waals surface area (Å²) in [5.74, 6) is -0.308. The van der Waals surface area contributed by atoms with Gasteiger partial charge in [-0.15, -0.1) is 0 Å². The van der Waals surface area contributed by atoms with Gasteiger partial charge in [0.25, 0.3) is 0 Å². The van der Waals surface area contributed by atoms with Crippen LogP contribution in [0.3, 0.4) is 0 Å². The van der Waals surface area contributed by atoms with E-state index in [2.05, 4.69) is 4.98 Å². The second-order valence-electron chi connectivity index (χ2n) is 3.62. The van der Waals surface area contributed by atoms with E-state index in [1.54, 1.807) is 6.33 Å². The summed E-state index contributed by atoms with van der Waals surface area (Å²) in [4.78, 5) is 15.5. The first-order valence-corrected chi connectivity index (χ1v) is 5.47. The fourth-order valence-electron chi connectivity index (χ4n) is 1.63. The molecule has 0 aliphatic carbocycles. The highest BCUT2D eigenvalue weighted by atomic mass is 16.5. The first-order valence-electron chi connectivity index (χ1n) is 5.47. The molecule has 0 bridgehead atoms. The van der Waals surface area contributed by atoms with Crippen LogP contribution in [0.1, 0.15) is 6.42 Å². The van der Waals surface area contributed by atoms with Gasteiger partial charge in [-0.3, -0.25) is 4.79 Å². The zero-order valence-corrected chi connectivity index (χ0v) is 9.37. The largest absolute Gasteiger partial charge is 0.463 e. The van der Waals surface area contributed by atoms with Crippen LogP contribution in [0.2, 0.25) is 0 Å². The number of para-hydroxylation sites is 2. The predicted octanol–water partition coefficient (Wildman–Crippen LogP) is 0.962. The van der Waals surface area contributed by atoms with Gasteiger partial charge in [-0.25, -0.2) is 4.98 Å². The van der Waals surface area contributed by atoms with Crippen molar-refractivity contribution >= 4 is 17.0 Å². The van der Waals surface area contributed by atoms with Crippen molar-refractivity contribution in [2.75, 3.05) is 13.2 Å². The van der Waals surface area contributed by atoms with Gasteiger partial charge in [-0.05, 0) is 12.1 Å². The Kier molecular flexibility index (Phi) is 3.72. The summed E-state index contributed by atoms with van der Waals surface area (Å²) in [7, 11) is 0. The Balaban J connectivity index is 1.97. The molecule has 5 nitrogen and oxygen atoms in total. The molecular weight excluding hydrogens is 220 g/mol. The Morgan fingerprint density at radius 2 is 2.24 bits per heavy atom. The van der Waals surface area contributed by atoms with E-state index in [9.17, 15) is 4.79 Å². The van der Waals surface area contributed by atoms with Crippen molar-refractivity contribution in [1.29, 1.82) is 0 Å². The first-order chi connectivity index (χ1) is 8.31. The average Bonchev–Trinajstić information content (AvgIpc) is 2.77. The second-order valence-corrected chi connectivity index (χ2v) is 3.62. The number of aliphatic hydroxyl groups excluding tert-OH is 1. The molecule has 1 N–H and O–H groups in total. The van der Waals surface area contributed by atoms with Gasteiger partial charge in [0.05, 0.1) is 30.4 Å². The second kappa shape index (κ2) is 5.45. The van der Waals surface area contributed by atoms with Crippen LogP contribution < -0.4 is 0 Å². The fourth-order valence-corrected chi connectivity index (χ4v) is 1.63. The SMILES string of the molecule is O=C(CCn1cnc2ccccc21)OCCO. The lowest BCUT2D eigenvalue weighted by atomic mass is 10.3. The fraction of sp³-hybridized carbons (Fsp3) is 0.333. The van der Waals surface area contributed by atoms with E-state index in [4.69, 9.17) is 9.84 Å². The van der Waals surface area contributed by atoms with E-state index in [-0.39, 0.29) is 25.6 Å². The number of aliphatic hydroxyl groups is 1. The normalized spacial score (nSPS) is 10.6. The van der Waals surface area contributed by atoms with Crippen molar-refractivity contribution in [2.24, 2.45) is 0 Å². The molecule has 2 rings (SSSR count). The number of aromatic nitrogens is 2. The van der Waals surface area contributed by atoms with Crippen LogP contribution in [0, 0.1) is 0 Å². The number of hydrogen-bond acceptors (Lipinski definition) is 4.